The Bertz CT molecular complexity index is 868. The summed E-state index contributed by atoms with van der Waals surface area (Å²) in [6.07, 6.45) is 0. The van der Waals surface area contributed by atoms with Crippen molar-refractivity contribution in [1.82, 2.24) is 5.32 Å². The van der Waals surface area contributed by atoms with Gasteiger partial charge in [-0.25, -0.2) is 9.18 Å². The Hall–Kier alpha value is -3.15. The largest absolute Gasteiger partial charge is 0.450 e. The zero-order chi connectivity index (χ0) is 17.8. The van der Waals surface area contributed by atoms with Crippen LogP contribution >= 0.6 is 0 Å². The van der Waals surface area contributed by atoms with Gasteiger partial charge in [-0.1, -0.05) is 30.3 Å². The van der Waals surface area contributed by atoms with Crippen LogP contribution in [0.15, 0.2) is 59.0 Å². The van der Waals surface area contributed by atoms with E-state index in [4.69, 9.17) is 9.15 Å². The van der Waals surface area contributed by atoms with Crippen LogP contribution in [-0.2, 0) is 9.53 Å². The third-order valence-electron chi connectivity index (χ3n) is 3.71. The van der Waals surface area contributed by atoms with Gasteiger partial charge in [-0.15, -0.1) is 0 Å². The van der Waals surface area contributed by atoms with E-state index in [2.05, 4.69) is 5.32 Å². The van der Waals surface area contributed by atoms with Crippen LogP contribution in [0.1, 0.15) is 29.1 Å². The molecule has 1 amide bonds. The molecular formula is C19H16FNO4. The number of carbonyl (C=O) groups is 2. The van der Waals surface area contributed by atoms with Crippen LogP contribution in [-0.4, -0.2) is 18.5 Å². The van der Waals surface area contributed by atoms with Gasteiger partial charge in [0.05, 0.1) is 6.04 Å². The average Bonchev–Trinajstić information content (AvgIpc) is 3.04. The molecule has 3 rings (SSSR count). The molecule has 25 heavy (non-hydrogen) atoms. The monoisotopic (exact) mass is 341 g/mol. The summed E-state index contributed by atoms with van der Waals surface area (Å²) in [4.78, 5) is 23.9. The highest BCUT2D eigenvalue weighted by atomic mass is 19.1. The first-order valence-corrected chi connectivity index (χ1v) is 7.73. The van der Waals surface area contributed by atoms with Crippen molar-refractivity contribution in [2.24, 2.45) is 0 Å². The highest BCUT2D eigenvalue weighted by Gasteiger charge is 2.16. The predicted molar refractivity (Wildman–Crippen MR) is 89.5 cm³/mol. The number of esters is 1. The first-order chi connectivity index (χ1) is 12.0. The molecule has 0 bridgehead atoms. The Morgan fingerprint density at radius 1 is 1.16 bits per heavy atom. The van der Waals surface area contributed by atoms with E-state index in [9.17, 15) is 14.0 Å². The van der Waals surface area contributed by atoms with E-state index in [1.165, 1.54) is 12.1 Å². The van der Waals surface area contributed by atoms with Gasteiger partial charge in [-0.2, -0.15) is 0 Å². The van der Waals surface area contributed by atoms with Gasteiger partial charge in [0.15, 0.2) is 6.61 Å². The second kappa shape index (κ2) is 7.17. The lowest BCUT2D eigenvalue weighted by molar-refractivity contribution is -0.124. The molecule has 128 valence electrons. The summed E-state index contributed by atoms with van der Waals surface area (Å²) in [5.74, 6) is -1.47. The van der Waals surface area contributed by atoms with Crippen LogP contribution in [0.3, 0.4) is 0 Å². The SMILES string of the molecule is C[C@H](NC(=O)COC(=O)c1cc2ccccc2o1)c1ccc(F)cc1. The third-order valence-corrected chi connectivity index (χ3v) is 3.71. The number of carbonyl (C=O) groups excluding carboxylic acids is 2. The van der Waals surface area contributed by atoms with Gasteiger partial charge in [0, 0.05) is 5.39 Å². The number of benzene rings is 2. The standard InChI is InChI=1S/C19H16FNO4/c1-12(13-6-8-15(20)9-7-13)21-18(22)11-24-19(23)17-10-14-4-2-3-5-16(14)25-17/h2-10,12H,11H2,1H3,(H,21,22)/t12-/m0/s1. The molecule has 0 unspecified atom stereocenters. The molecule has 0 spiro atoms. The summed E-state index contributed by atoms with van der Waals surface area (Å²) in [7, 11) is 0. The summed E-state index contributed by atoms with van der Waals surface area (Å²) >= 11 is 0. The molecule has 0 aliphatic carbocycles. The van der Waals surface area contributed by atoms with E-state index < -0.39 is 18.5 Å². The highest BCUT2D eigenvalue weighted by molar-refractivity contribution is 5.93. The lowest BCUT2D eigenvalue weighted by Gasteiger charge is -2.14. The molecule has 3 aromatic rings. The molecule has 0 aliphatic heterocycles. The van der Waals surface area contributed by atoms with Gasteiger partial charge in [0.25, 0.3) is 5.91 Å². The molecular weight excluding hydrogens is 325 g/mol. The minimum absolute atomic E-state index is 0.0422. The predicted octanol–water partition coefficient (Wildman–Crippen LogP) is 3.61. The molecule has 2 aromatic carbocycles. The lowest BCUT2D eigenvalue weighted by atomic mass is 10.1. The normalized spacial score (nSPS) is 11.9. The van der Waals surface area contributed by atoms with E-state index >= 15 is 0 Å². The number of halogens is 1. The van der Waals surface area contributed by atoms with Gasteiger partial charge in [0.1, 0.15) is 11.4 Å². The number of para-hydroxylation sites is 1. The smallest absolute Gasteiger partial charge is 0.374 e. The maximum atomic E-state index is 12.9. The lowest BCUT2D eigenvalue weighted by Crippen LogP contribution is -2.31. The molecule has 0 fully saturated rings. The van der Waals surface area contributed by atoms with Crippen LogP contribution in [0.5, 0.6) is 0 Å². The zero-order valence-electron chi connectivity index (χ0n) is 13.5. The number of ether oxygens (including phenoxy) is 1. The fourth-order valence-corrected chi connectivity index (χ4v) is 2.40. The number of nitrogens with one attached hydrogen (secondary N) is 1. The fourth-order valence-electron chi connectivity index (χ4n) is 2.40. The number of amides is 1. The van der Waals surface area contributed by atoms with Crippen molar-refractivity contribution in [3.05, 3.63) is 71.7 Å². The molecule has 0 saturated carbocycles. The van der Waals surface area contributed by atoms with Crippen molar-refractivity contribution >= 4 is 22.8 Å². The summed E-state index contributed by atoms with van der Waals surface area (Å²) in [5.41, 5.74) is 1.32. The molecule has 1 aromatic heterocycles. The van der Waals surface area contributed by atoms with E-state index in [-0.39, 0.29) is 17.6 Å². The van der Waals surface area contributed by atoms with E-state index in [0.717, 1.165) is 10.9 Å². The van der Waals surface area contributed by atoms with Gasteiger partial charge in [0.2, 0.25) is 5.76 Å². The van der Waals surface area contributed by atoms with Crippen molar-refractivity contribution < 1.29 is 23.1 Å². The Morgan fingerprint density at radius 3 is 2.60 bits per heavy atom. The van der Waals surface area contributed by atoms with Crippen LogP contribution in [0.25, 0.3) is 11.0 Å². The third kappa shape index (κ3) is 4.03. The fraction of sp³-hybridized carbons (Fsp3) is 0.158. The molecule has 5 nitrogen and oxygen atoms in total. The van der Waals surface area contributed by atoms with Crippen molar-refractivity contribution in [2.45, 2.75) is 13.0 Å². The van der Waals surface area contributed by atoms with Crippen molar-refractivity contribution in [2.75, 3.05) is 6.61 Å². The summed E-state index contributed by atoms with van der Waals surface area (Å²) in [5, 5.41) is 3.46. The Labute approximate surface area is 143 Å². The number of hydrogen-bond acceptors (Lipinski definition) is 4. The van der Waals surface area contributed by atoms with Crippen molar-refractivity contribution in [3.8, 4) is 0 Å². The maximum Gasteiger partial charge on any atom is 0.374 e. The minimum Gasteiger partial charge on any atom is -0.450 e. The van der Waals surface area contributed by atoms with Crippen LogP contribution in [0.2, 0.25) is 0 Å². The van der Waals surface area contributed by atoms with E-state index in [1.54, 1.807) is 37.3 Å². The van der Waals surface area contributed by atoms with Gasteiger partial charge in [-0.3, -0.25) is 4.79 Å². The Balaban J connectivity index is 1.54. The number of furan rings is 1. The molecule has 1 atom stereocenters. The molecule has 1 heterocycles. The molecule has 0 aliphatic rings. The average molecular weight is 341 g/mol. The topological polar surface area (TPSA) is 68.5 Å². The second-order valence-corrected chi connectivity index (χ2v) is 5.57. The van der Waals surface area contributed by atoms with Crippen molar-refractivity contribution in [1.29, 1.82) is 0 Å². The molecule has 0 radical (unpaired) electrons. The minimum atomic E-state index is -0.708. The Morgan fingerprint density at radius 2 is 1.88 bits per heavy atom. The van der Waals surface area contributed by atoms with Gasteiger partial charge >= 0.3 is 5.97 Å². The van der Waals surface area contributed by atoms with E-state index in [1.807, 2.05) is 12.1 Å². The van der Waals surface area contributed by atoms with Crippen LogP contribution < -0.4 is 5.32 Å². The molecule has 6 heteroatoms. The summed E-state index contributed by atoms with van der Waals surface area (Å²) < 4.78 is 23.3. The first kappa shape index (κ1) is 16.7. The summed E-state index contributed by atoms with van der Waals surface area (Å²) in [6, 6.07) is 14.2. The quantitative estimate of drug-likeness (QED) is 0.720. The van der Waals surface area contributed by atoms with E-state index in [0.29, 0.717) is 5.58 Å². The Kier molecular flexibility index (Phi) is 4.79. The number of rotatable bonds is 5. The van der Waals surface area contributed by atoms with Crippen LogP contribution in [0.4, 0.5) is 4.39 Å². The van der Waals surface area contributed by atoms with Crippen molar-refractivity contribution in [3.63, 3.8) is 0 Å². The molecule has 1 N–H and O–H groups in total. The number of fused-ring (bicyclic) bond motifs is 1. The van der Waals surface area contributed by atoms with Gasteiger partial charge < -0.3 is 14.5 Å². The first-order valence-electron chi connectivity index (χ1n) is 7.73. The number of hydrogen-bond donors (Lipinski definition) is 1. The second-order valence-electron chi connectivity index (χ2n) is 5.57. The summed E-state index contributed by atoms with van der Waals surface area (Å²) in [6.45, 7) is 1.33. The van der Waals surface area contributed by atoms with Gasteiger partial charge in [-0.05, 0) is 36.8 Å². The highest BCUT2D eigenvalue weighted by Crippen LogP contribution is 2.19. The zero-order valence-corrected chi connectivity index (χ0v) is 13.5. The van der Waals surface area contributed by atoms with Crippen LogP contribution in [0, 0.1) is 5.82 Å². The molecule has 0 saturated heterocycles. The maximum absolute atomic E-state index is 12.9.